The molecule has 1 heterocycles. The predicted octanol–water partition coefficient (Wildman–Crippen LogP) is 3.42. The van der Waals surface area contributed by atoms with Crippen LogP contribution in [0.25, 0.3) is 0 Å². The first-order valence-corrected chi connectivity index (χ1v) is 7.75. The molecule has 0 saturated carbocycles. The average molecular weight is 261 g/mol. The maximum absolute atomic E-state index is 9.97. The van der Waals surface area contributed by atoms with E-state index in [0.717, 1.165) is 32.5 Å². The van der Waals surface area contributed by atoms with Gasteiger partial charge in [0.2, 0.25) is 0 Å². The first-order valence-electron chi connectivity index (χ1n) is 7.75. The van der Waals surface area contributed by atoms with E-state index < -0.39 is 0 Å². The van der Waals surface area contributed by atoms with E-state index in [1.807, 2.05) is 0 Å². The Kier molecular flexibility index (Phi) is 5.87. The summed E-state index contributed by atoms with van der Waals surface area (Å²) in [6.45, 7) is 5.30. The third-order valence-corrected chi connectivity index (χ3v) is 4.22. The SMILES string of the molecule is CCCC[C@H](O)CN1CCC(c2ccccc2)CC1. The maximum Gasteiger partial charge on any atom is 0.0667 e. The minimum atomic E-state index is -0.131. The van der Waals surface area contributed by atoms with Gasteiger partial charge in [0.1, 0.15) is 0 Å². The molecule has 0 bridgehead atoms. The molecule has 106 valence electrons. The number of hydrogen-bond donors (Lipinski definition) is 1. The summed E-state index contributed by atoms with van der Waals surface area (Å²) in [7, 11) is 0. The van der Waals surface area contributed by atoms with Gasteiger partial charge in [-0.05, 0) is 43.8 Å². The van der Waals surface area contributed by atoms with Gasteiger partial charge in [-0.15, -0.1) is 0 Å². The first-order chi connectivity index (χ1) is 9.29. The van der Waals surface area contributed by atoms with Crippen LogP contribution < -0.4 is 0 Å². The zero-order valence-electron chi connectivity index (χ0n) is 12.1. The molecule has 2 heteroatoms. The third-order valence-electron chi connectivity index (χ3n) is 4.22. The lowest BCUT2D eigenvalue weighted by molar-refractivity contribution is 0.0894. The second-order valence-corrected chi connectivity index (χ2v) is 5.78. The van der Waals surface area contributed by atoms with E-state index in [0.29, 0.717) is 5.92 Å². The number of aliphatic hydroxyl groups excluding tert-OH is 1. The van der Waals surface area contributed by atoms with Crippen molar-refractivity contribution in [3.8, 4) is 0 Å². The van der Waals surface area contributed by atoms with Crippen LogP contribution in [0.5, 0.6) is 0 Å². The quantitative estimate of drug-likeness (QED) is 0.848. The first kappa shape index (κ1) is 14.5. The largest absolute Gasteiger partial charge is 0.392 e. The number of nitrogens with zero attached hydrogens (tertiary/aromatic N) is 1. The van der Waals surface area contributed by atoms with Gasteiger partial charge in [0.05, 0.1) is 6.10 Å². The summed E-state index contributed by atoms with van der Waals surface area (Å²) in [4.78, 5) is 2.43. The van der Waals surface area contributed by atoms with Gasteiger partial charge in [0.25, 0.3) is 0 Å². The molecule has 1 aliphatic heterocycles. The Morgan fingerprint density at radius 1 is 1.21 bits per heavy atom. The highest BCUT2D eigenvalue weighted by molar-refractivity contribution is 5.19. The van der Waals surface area contributed by atoms with Crippen LogP contribution in [-0.4, -0.2) is 35.7 Å². The molecule has 0 aliphatic carbocycles. The molecule has 0 spiro atoms. The second-order valence-electron chi connectivity index (χ2n) is 5.78. The van der Waals surface area contributed by atoms with E-state index in [1.165, 1.54) is 24.8 Å². The lowest BCUT2D eigenvalue weighted by Crippen LogP contribution is -2.38. The molecule has 0 unspecified atom stereocenters. The molecular formula is C17H27NO. The number of β-amino-alcohol motifs (C(OH)–C–C–N with tert-alkyl or cyclic N) is 1. The van der Waals surface area contributed by atoms with E-state index in [9.17, 15) is 5.11 Å². The molecule has 1 atom stereocenters. The Hall–Kier alpha value is -0.860. The summed E-state index contributed by atoms with van der Waals surface area (Å²) in [6, 6.07) is 10.8. The molecule has 2 rings (SSSR count). The number of likely N-dealkylation sites (tertiary alicyclic amines) is 1. The summed E-state index contributed by atoms with van der Waals surface area (Å²) in [6.07, 6.45) is 5.59. The lowest BCUT2D eigenvalue weighted by Gasteiger charge is -2.33. The van der Waals surface area contributed by atoms with Crippen molar-refractivity contribution in [3.63, 3.8) is 0 Å². The van der Waals surface area contributed by atoms with Gasteiger partial charge < -0.3 is 10.0 Å². The average Bonchev–Trinajstić information content (AvgIpc) is 2.47. The molecule has 0 radical (unpaired) electrons. The fourth-order valence-electron chi connectivity index (χ4n) is 3.00. The standard InChI is InChI=1S/C17H27NO/c1-2-3-9-17(19)14-18-12-10-16(11-13-18)15-7-5-4-6-8-15/h4-8,16-17,19H,2-3,9-14H2,1H3/t17-/m0/s1. The molecule has 1 aromatic carbocycles. The Morgan fingerprint density at radius 3 is 2.53 bits per heavy atom. The fraction of sp³-hybridized carbons (Fsp3) is 0.647. The van der Waals surface area contributed by atoms with Crippen molar-refractivity contribution in [2.75, 3.05) is 19.6 Å². The smallest absolute Gasteiger partial charge is 0.0667 e. The minimum Gasteiger partial charge on any atom is -0.392 e. The van der Waals surface area contributed by atoms with Gasteiger partial charge in [-0.25, -0.2) is 0 Å². The Bertz CT molecular complexity index is 344. The van der Waals surface area contributed by atoms with Crippen LogP contribution in [0.4, 0.5) is 0 Å². The highest BCUT2D eigenvalue weighted by Crippen LogP contribution is 2.27. The molecule has 1 fully saturated rings. The fourth-order valence-corrected chi connectivity index (χ4v) is 3.00. The topological polar surface area (TPSA) is 23.5 Å². The van der Waals surface area contributed by atoms with Crippen molar-refractivity contribution in [2.45, 2.75) is 51.0 Å². The Morgan fingerprint density at radius 2 is 1.89 bits per heavy atom. The van der Waals surface area contributed by atoms with Crippen LogP contribution in [0.1, 0.15) is 50.5 Å². The van der Waals surface area contributed by atoms with Crippen LogP contribution in [0.3, 0.4) is 0 Å². The van der Waals surface area contributed by atoms with Gasteiger partial charge in [0, 0.05) is 6.54 Å². The number of benzene rings is 1. The van der Waals surface area contributed by atoms with Gasteiger partial charge in [-0.3, -0.25) is 0 Å². The van der Waals surface area contributed by atoms with Crippen LogP contribution in [0.15, 0.2) is 30.3 Å². The summed E-state index contributed by atoms with van der Waals surface area (Å²) in [5.74, 6) is 0.713. The number of hydrogen-bond acceptors (Lipinski definition) is 2. The van der Waals surface area contributed by atoms with Crippen LogP contribution >= 0.6 is 0 Å². The lowest BCUT2D eigenvalue weighted by atomic mass is 9.89. The molecule has 0 amide bonds. The highest BCUT2D eigenvalue weighted by atomic mass is 16.3. The Balaban J connectivity index is 1.73. The summed E-state index contributed by atoms with van der Waals surface area (Å²) < 4.78 is 0. The summed E-state index contributed by atoms with van der Waals surface area (Å²) >= 11 is 0. The van der Waals surface area contributed by atoms with Crippen LogP contribution in [-0.2, 0) is 0 Å². The highest BCUT2D eigenvalue weighted by Gasteiger charge is 2.21. The van der Waals surface area contributed by atoms with Gasteiger partial charge in [-0.1, -0.05) is 50.1 Å². The zero-order chi connectivity index (χ0) is 13.5. The van der Waals surface area contributed by atoms with E-state index in [2.05, 4.69) is 42.2 Å². The van der Waals surface area contributed by atoms with Crippen LogP contribution in [0, 0.1) is 0 Å². The van der Waals surface area contributed by atoms with E-state index >= 15 is 0 Å². The Labute approximate surface area is 117 Å². The van der Waals surface area contributed by atoms with Gasteiger partial charge in [-0.2, -0.15) is 0 Å². The monoisotopic (exact) mass is 261 g/mol. The molecule has 2 nitrogen and oxygen atoms in total. The van der Waals surface area contributed by atoms with Crippen molar-refractivity contribution in [1.82, 2.24) is 4.90 Å². The molecule has 1 N–H and O–H groups in total. The second kappa shape index (κ2) is 7.66. The molecule has 1 aromatic rings. The van der Waals surface area contributed by atoms with E-state index in [4.69, 9.17) is 0 Å². The molecular weight excluding hydrogens is 234 g/mol. The van der Waals surface area contributed by atoms with Crippen molar-refractivity contribution in [3.05, 3.63) is 35.9 Å². The van der Waals surface area contributed by atoms with Crippen molar-refractivity contribution >= 4 is 0 Å². The third kappa shape index (κ3) is 4.63. The molecule has 19 heavy (non-hydrogen) atoms. The van der Waals surface area contributed by atoms with Gasteiger partial charge >= 0.3 is 0 Å². The minimum absolute atomic E-state index is 0.131. The van der Waals surface area contributed by atoms with Crippen molar-refractivity contribution in [1.29, 1.82) is 0 Å². The van der Waals surface area contributed by atoms with Crippen molar-refractivity contribution in [2.24, 2.45) is 0 Å². The number of unbranched alkanes of at least 4 members (excludes halogenated alkanes) is 1. The number of piperidine rings is 1. The van der Waals surface area contributed by atoms with E-state index in [1.54, 1.807) is 0 Å². The molecule has 0 aromatic heterocycles. The molecule has 1 aliphatic rings. The summed E-state index contributed by atoms with van der Waals surface area (Å²) in [5.41, 5.74) is 1.48. The van der Waals surface area contributed by atoms with E-state index in [-0.39, 0.29) is 6.10 Å². The maximum atomic E-state index is 9.97. The van der Waals surface area contributed by atoms with Crippen LogP contribution in [0.2, 0.25) is 0 Å². The van der Waals surface area contributed by atoms with Crippen molar-refractivity contribution < 1.29 is 5.11 Å². The van der Waals surface area contributed by atoms with Gasteiger partial charge in [0.15, 0.2) is 0 Å². The summed E-state index contributed by atoms with van der Waals surface area (Å²) in [5, 5.41) is 9.97. The zero-order valence-corrected chi connectivity index (χ0v) is 12.1. The molecule has 1 saturated heterocycles. The number of aliphatic hydroxyl groups is 1. The predicted molar refractivity (Wildman–Crippen MR) is 80.4 cm³/mol. The normalized spacial score (nSPS) is 19.5. The number of rotatable bonds is 6.